The molecular weight excluding hydrogens is 347 g/mol. The van der Waals surface area contributed by atoms with Crippen molar-refractivity contribution in [3.05, 3.63) is 57.9 Å². The first kappa shape index (κ1) is 18.6. The summed E-state index contributed by atoms with van der Waals surface area (Å²) in [6.45, 7) is -0.109. The van der Waals surface area contributed by atoms with Gasteiger partial charge in [0.1, 0.15) is 5.82 Å². The molecule has 2 rings (SSSR count). The van der Waals surface area contributed by atoms with Crippen LogP contribution >= 0.6 is 0 Å². The van der Waals surface area contributed by atoms with Gasteiger partial charge in [0.25, 0.3) is 5.91 Å². The Balaban J connectivity index is 1.96. The van der Waals surface area contributed by atoms with E-state index in [0.717, 1.165) is 6.07 Å². The van der Waals surface area contributed by atoms with Crippen LogP contribution in [0.2, 0.25) is 0 Å². The number of carbonyl (C=O) groups excluding carboxylic acids is 1. The number of nitro groups is 1. The zero-order chi connectivity index (χ0) is 19.1. The van der Waals surface area contributed by atoms with E-state index in [-0.39, 0.29) is 23.7 Å². The number of nitrogens with one attached hydrogen (secondary N) is 2. The molecule has 0 fully saturated rings. The maximum absolute atomic E-state index is 12.8. The van der Waals surface area contributed by atoms with E-state index in [4.69, 9.17) is 4.74 Å². The number of hydrazone groups is 1. The summed E-state index contributed by atoms with van der Waals surface area (Å²) in [5, 5.41) is 27.1. The Hall–Kier alpha value is -3.69. The molecule has 0 spiro atoms. The molecular formula is C16H15FN4O5. The van der Waals surface area contributed by atoms with E-state index in [1.165, 1.54) is 43.7 Å². The quantitative estimate of drug-likeness (QED) is 0.393. The number of anilines is 1. The van der Waals surface area contributed by atoms with Gasteiger partial charge in [-0.2, -0.15) is 5.10 Å². The van der Waals surface area contributed by atoms with Crippen molar-refractivity contribution in [2.75, 3.05) is 19.0 Å². The van der Waals surface area contributed by atoms with Gasteiger partial charge >= 0.3 is 5.69 Å². The number of nitro benzene ring substituents is 1. The minimum absolute atomic E-state index is 0.0926. The van der Waals surface area contributed by atoms with Crippen molar-refractivity contribution in [1.29, 1.82) is 0 Å². The Bertz CT molecular complexity index is 839. The zero-order valence-electron chi connectivity index (χ0n) is 13.6. The predicted octanol–water partition coefficient (Wildman–Crippen LogP) is 2.01. The van der Waals surface area contributed by atoms with Crippen LogP contribution in [-0.4, -0.2) is 35.8 Å². The third-order valence-corrected chi connectivity index (χ3v) is 3.19. The molecule has 0 aliphatic heterocycles. The largest absolute Gasteiger partial charge is 0.500 e. The van der Waals surface area contributed by atoms with E-state index in [0.29, 0.717) is 5.69 Å². The summed E-state index contributed by atoms with van der Waals surface area (Å²) in [5.41, 5.74) is 2.50. The predicted molar refractivity (Wildman–Crippen MR) is 91.9 cm³/mol. The van der Waals surface area contributed by atoms with Crippen LogP contribution in [0.15, 0.2) is 41.5 Å². The van der Waals surface area contributed by atoms with Gasteiger partial charge in [-0.15, -0.1) is 0 Å². The summed E-state index contributed by atoms with van der Waals surface area (Å²) < 4.78 is 17.6. The summed E-state index contributed by atoms with van der Waals surface area (Å²) in [7, 11) is 1.25. The highest BCUT2D eigenvalue weighted by Crippen LogP contribution is 2.36. The lowest BCUT2D eigenvalue weighted by molar-refractivity contribution is -0.386. The summed E-state index contributed by atoms with van der Waals surface area (Å²) in [6.07, 6.45) is 1.17. The smallest absolute Gasteiger partial charge is 0.315 e. The number of halogens is 1. The van der Waals surface area contributed by atoms with Crippen LogP contribution in [0.25, 0.3) is 0 Å². The molecule has 0 saturated heterocycles. The lowest BCUT2D eigenvalue weighted by Gasteiger charge is -2.06. The second-order valence-electron chi connectivity index (χ2n) is 5.00. The van der Waals surface area contributed by atoms with E-state index >= 15 is 0 Å². The molecule has 0 aliphatic carbocycles. The van der Waals surface area contributed by atoms with Gasteiger partial charge in [-0.25, -0.2) is 9.82 Å². The van der Waals surface area contributed by atoms with Crippen molar-refractivity contribution in [3.8, 4) is 11.5 Å². The summed E-state index contributed by atoms with van der Waals surface area (Å²) >= 11 is 0. The highest BCUT2D eigenvalue weighted by molar-refractivity contribution is 5.86. The number of ether oxygens (including phenoxy) is 1. The molecule has 2 aromatic rings. The average molecular weight is 362 g/mol. The molecule has 0 saturated carbocycles. The molecule has 9 nitrogen and oxygen atoms in total. The molecule has 0 heterocycles. The first-order valence-corrected chi connectivity index (χ1v) is 7.27. The fourth-order valence-electron chi connectivity index (χ4n) is 1.95. The second-order valence-corrected chi connectivity index (χ2v) is 5.00. The number of carbonyl (C=O) groups is 1. The Morgan fingerprint density at radius 2 is 2.08 bits per heavy atom. The van der Waals surface area contributed by atoms with Crippen molar-refractivity contribution in [2.45, 2.75) is 0 Å². The van der Waals surface area contributed by atoms with Crippen LogP contribution in [0.1, 0.15) is 5.56 Å². The molecule has 0 unspecified atom stereocenters. The third-order valence-electron chi connectivity index (χ3n) is 3.19. The molecule has 0 atom stereocenters. The molecule has 0 bridgehead atoms. The van der Waals surface area contributed by atoms with Gasteiger partial charge in [0, 0.05) is 17.3 Å². The van der Waals surface area contributed by atoms with Crippen LogP contribution in [0, 0.1) is 15.9 Å². The number of benzene rings is 2. The molecule has 26 heavy (non-hydrogen) atoms. The van der Waals surface area contributed by atoms with Gasteiger partial charge < -0.3 is 15.2 Å². The van der Waals surface area contributed by atoms with Crippen LogP contribution in [0.5, 0.6) is 11.5 Å². The Kier molecular flexibility index (Phi) is 6.04. The Morgan fingerprint density at radius 3 is 2.69 bits per heavy atom. The summed E-state index contributed by atoms with van der Waals surface area (Å²) in [5.74, 6) is -1.55. The molecule has 0 radical (unpaired) electrons. The van der Waals surface area contributed by atoms with Gasteiger partial charge in [-0.1, -0.05) is 0 Å². The highest BCUT2D eigenvalue weighted by atomic mass is 19.1. The topological polar surface area (TPSA) is 126 Å². The van der Waals surface area contributed by atoms with Crippen LogP contribution in [-0.2, 0) is 4.79 Å². The molecule has 136 valence electrons. The third kappa shape index (κ3) is 4.90. The first-order valence-electron chi connectivity index (χ1n) is 7.27. The average Bonchev–Trinajstić information content (AvgIpc) is 2.62. The Morgan fingerprint density at radius 1 is 1.38 bits per heavy atom. The van der Waals surface area contributed by atoms with E-state index < -0.39 is 22.3 Å². The first-order chi connectivity index (χ1) is 12.4. The summed E-state index contributed by atoms with van der Waals surface area (Å²) in [6, 6.07) is 7.88. The second kappa shape index (κ2) is 8.42. The minimum Gasteiger partial charge on any atom is -0.500 e. The zero-order valence-corrected chi connectivity index (χ0v) is 13.6. The minimum atomic E-state index is -0.764. The van der Waals surface area contributed by atoms with Gasteiger partial charge in [0.05, 0.1) is 24.8 Å². The van der Waals surface area contributed by atoms with Crippen LogP contribution in [0.4, 0.5) is 15.8 Å². The van der Waals surface area contributed by atoms with Crippen molar-refractivity contribution < 1.29 is 24.0 Å². The number of nitrogens with zero attached hydrogens (tertiary/aromatic N) is 2. The standard InChI is InChI=1S/C16H15FN4O5/c1-26-14-7-10(6-13(16(14)23)21(24)25)8-19-20-15(22)9-18-12-4-2-11(17)3-5-12/h2-8,18,23H,9H2,1H3,(H,20,22)/b19-8-. The molecule has 2 aromatic carbocycles. The molecule has 3 N–H and O–H groups in total. The van der Waals surface area contributed by atoms with Gasteiger partial charge in [0.2, 0.25) is 5.75 Å². The normalized spacial score (nSPS) is 10.5. The number of phenolic OH excluding ortho intramolecular Hbond substituents is 1. The number of rotatable bonds is 7. The van der Waals surface area contributed by atoms with Crippen LogP contribution < -0.4 is 15.5 Å². The van der Waals surface area contributed by atoms with Crippen molar-refractivity contribution in [1.82, 2.24) is 5.43 Å². The summed E-state index contributed by atoms with van der Waals surface area (Å²) in [4.78, 5) is 21.8. The maximum atomic E-state index is 12.8. The number of hydrogen-bond donors (Lipinski definition) is 3. The van der Waals surface area contributed by atoms with Crippen LogP contribution in [0.3, 0.4) is 0 Å². The van der Waals surface area contributed by atoms with E-state index in [1.54, 1.807) is 0 Å². The van der Waals surface area contributed by atoms with Gasteiger partial charge in [-0.3, -0.25) is 14.9 Å². The number of hydrogen-bond acceptors (Lipinski definition) is 7. The SMILES string of the molecule is COc1cc(/C=N\NC(=O)CNc2ccc(F)cc2)cc([N+](=O)[O-])c1O. The number of methoxy groups -OCH3 is 1. The van der Waals surface area contributed by atoms with E-state index in [2.05, 4.69) is 15.8 Å². The Labute approximate surface area is 147 Å². The molecule has 1 amide bonds. The van der Waals surface area contributed by atoms with E-state index in [1.807, 2.05) is 0 Å². The lowest BCUT2D eigenvalue weighted by Crippen LogP contribution is -2.25. The maximum Gasteiger partial charge on any atom is 0.315 e. The lowest BCUT2D eigenvalue weighted by atomic mass is 10.2. The van der Waals surface area contributed by atoms with Crippen molar-refractivity contribution in [2.24, 2.45) is 5.10 Å². The van der Waals surface area contributed by atoms with Gasteiger partial charge in [-0.05, 0) is 30.3 Å². The number of phenols is 1. The van der Waals surface area contributed by atoms with Gasteiger partial charge in [0.15, 0.2) is 5.75 Å². The fourth-order valence-corrected chi connectivity index (χ4v) is 1.95. The van der Waals surface area contributed by atoms with Crippen molar-refractivity contribution >= 4 is 23.5 Å². The van der Waals surface area contributed by atoms with Crippen molar-refractivity contribution in [3.63, 3.8) is 0 Å². The molecule has 10 heteroatoms. The molecule has 0 aromatic heterocycles. The molecule has 0 aliphatic rings. The number of aromatic hydroxyl groups is 1. The monoisotopic (exact) mass is 362 g/mol. The van der Waals surface area contributed by atoms with E-state index in [9.17, 15) is 24.4 Å². The number of amides is 1. The fraction of sp³-hybridized carbons (Fsp3) is 0.125. The highest BCUT2D eigenvalue weighted by Gasteiger charge is 2.19.